The van der Waals surface area contributed by atoms with E-state index in [2.05, 4.69) is 0 Å². The maximum absolute atomic E-state index is 11.4. The molecule has 1 aromatic rings. The lowest BCUT2D eigenvalue weighted by Gasteiger charge is -2.05. The number of esters is 1. The standard InChI is InChI=1S/C10H12O3S/c1-3-13-10(11)8-6-4-5-7-9(8)14-12-2/h4-7H,3H2,1-2H3. The Balaban J connectivity index is 2.88. The molecule has 0 fully saturated rings. The van der Waals surface area contributed by atoms with Crippen molar-refractivity contribution in [1.82, 2.24) is 0 Å². The number of benzene rings is 1. The largest absolute Gasteiger partial charge is 0.462 e. The van der Waals surface area contributed by atoms with Crippen LogP contribution in [-0.2, 0) is 8.92 Å². The van der Waals surface area contributed by atoms with Gasteiger partial charge >= 0.3 is 5.97 Å². The van der Waals surface area contributed by atoms with Gasteiger partial charge in [0.15, 0.2) is 0 Å². The lowest BCUT2D eigenvalue weighted by atomic mass is 10.2. The molecule has 0 spiro atoms. The van der Waals surface area contributed by atoms with Gasteiger partial charge in [-0.3, -0.25) is 0 Å². The Labute approximate surface area is 87.6 Å². The second-order valence-electron chi connectivity index (χ2n) is 2.47. The zero-order valence-electron chi connectivity index (χ0n) is 8.15. The summed E-state index contributed by atoms with van der Waals surface area (Å²) in [5.74, 6) is -0.312. The third-order valence-corrected chi connectivity index (χ3v) is 2.26. The molecule has 76 valence electrons. The Hall–Kier alpha value is -1.00. The van der Waals surface area contributed by atoms with Crippen LogP contribution in [0.5, 0.6) is 0 Å². The van der Waals surface area contributed by atoms with Gasteiger partial charge in [0.1, 0.15) is 0 Å². The third-order valence-electron chi connectivity index (χ3n) is 1.56. The Morgan fingerprint density at radius 3 is 2.79 bits per heavy atom. The molecule has 4 heteroatoms. The maximum atomic E-state index is 11.4. The first kappa shape index (κ1) is 11.1. The molecule has 0 aliphatic carbocycles. The summed E-state index contributed by atoms with van der Waals surface area (Å²) in [5, 5.41) is 0. The predicted octanol–water partition coefficient (Wildman–Crippen LogP) is 2.52. The van der Waals surface area contributed by atoms with Crippen LogP contribution in [0.15, 0.2) is 29.2 Å². The van der Waals surface area contributed by atoms with Crippen LogP contribution in [0.25, 0.3) is 0 Å². The molecule has 0 heterocycles. The first-order valence-corrected chi connectivity index (χ1v) is 5.00. The van der Waals surface area contributed by atoms with Crippen molar-refractivity contribution in [2.45, 2.75) is 11.8 Å². The molecule has 1 rings (SSSR count). The van der Waals surface area contributed by atoms with Gasteiger partial charge in [-0.15, -0.1) is 0 Å². The Bertz CT molecular complexity index is 312. The normalized spacial score (nSPS) is 9.86. The molecule has 0 radical (unpaired) electrons. The molecular weight excluding hydrogens is 200 g/mol. The summed E-state index contributed by atoms with van der Waals surface area (Å²) < 4.78 is 9.81. The minimum Gasteiger partial charge on any atom is -0.462 e. The van der Waals surface area contributed by atoms with Gasteiger partial charge in [-0.1, -0.05) is 12.1 Å². The number of hydrogen-bond donors (Lipinski definition) is 0. The summed E-state index contributed by atoms with van der Waals surface area (Å²) in [6, 6.07) is 7.19. The lowest BCUT2D eigenvalue weighted by molar-refractivity contribution is 0.0522. The molecule has 0 unspecified atom stereocenters. The zero-order valence-corrected chi connectivity index (χ0v) is 8.97. The minimum absolute atomic E-state index is 0.312. The Morgan fingerprint density at radius 2 is 2.14 bits per heavy atom. The summed E-state index contributed by atoms with van der Waals surface area (Å²) in [6.07, 6.45) is 0. The fraction of sp³-hybridized carbons (Fsp3) is 0.300. The van der Waals surface area contributed by atoms with E-state index < -0.39 is 0 Å². The van der Waals surface area contributed by atoms with Crippen LogP contribution in [0.4, 0.5) is 0 Å². The molecule has 1 aromatic carbocycles. The van der Waals surface area contributed by atoms with Crippen molar-refractivity contribution in [3.05, 3.63) is 29.8 Å². The molecule has 0 bridgehead atoms. The topological polar surface area (TPSA) is 35.5 Å². The maximum Gasteiger partial charge on any atom is 0.339 e. The van der Waals surface area contributed by atoms with E-state index in [-0.39, 0.29) is 5.97 Å². The Kier molecular flexibility index (Phi) is 4.49. The molecule has 0 aliphatic rings. The van der Waals surface area contributed by atoms with E-state index in [1.165, 1.54) is 0 Å². The van der Waals surface area contributed by atoms with Crippen molar-refractivity contribution in [3.63, 3.8) is 0 Å². The van der Waals surface area contributed by atoms with Crippen LogP contribution in [0.3, 0.4) is 0 Å². The van der Waals surface area contributed by atoms with Gasteiger partial charge in [0.2, 0.25) is 0 Å². The molecular formula is C10H12O3S. The summed E-state index contributed by atoms with van der Waals surface area (Å²) in [4.78, 5) is 12.2. The van der Waals surface area contributed by atoms with Gasteiger partial charge in [-0.2, -0.15) is 0 Å². The summed E-state index contributed by atoms with van der Waals surface area (Å²) in [5.41, 5.74) is 0.543. The zero-order chi connectivity index (χ0) is 10.4. The monoisotopic (exact) mass is 212 g/mol. The first-order valence-electron chi connectivity index (χ1n) is 4.26. The van der Waals surface area contributed by atoms with Gasteiger partial charge in [-0.05, 0) is 19.1 Å². The molecule has 0 amide bonds. The van der Waals surface area contributed by atoms with Crippen molar-refractivity contribution in [1.29, 1.82) is 0 Å². The van der Waals surface area contributed by atoms with Crippen molar-refractivity contribution >= 4 is 18.0 Å². The lowest BCUT2D eigenvalue weighted by Crippen LogP contribution is -2.05. The van der Waals surface area contributed by atoms with Crippen LogP contribution in [0.2, 0.25) is 0 Å². The number of rotatable bonds is 4. The molecule has 0 aromatic heterocycles. The van der Waals surface area contributed by atoms with Crippen LogP contribution >= 0.6 is 12.0 Å². The van der Waals surface area contributed by atoms with Gasteiger partial charge < -0.3 is 8.92 Å². The highest BCUT2D eigenvalue weighted by Gasteiger charge is 2.11. The highest BCUT2D eigenvalue weighted by atomic mass is 32.2. The molecule has 3 nitrogen and oxygen atoms in total. The molecule has 0 atom stereocenters. The molecule has 14 heavy (non-hydrogen) atoms. The van der Waals surface area contributed by atoms with Gasteiger partial charge in [0, 0.05) is 16.9 Å². The van der Waals surface area contributed by atoms with Crippen molar-refractivity contribution in [2.24, 2.45) is 0 Å². The average molecular weight is 212 g/mol. The number of ether oxygens (including phenoxy) is 1. The highest BCUT2D eigenvalue weighted by molar-refractivity contribution is 7.94. The van der Waals surface area contributed by atoms with E-state index >= 15 is 0 Å². The van der Waals surface area contributed by atoms with E-state index in [1.54, 1.807) is 26.2 Å². The van der Waals surface area contributed by atoms with Crippen LogP contribution in [0.1, 0.15) is 17.3 Å². The minimum atomic E-state index is -0.312. The van der Waals surface area contributed by atoms with Gasteiger partial charge in [0.05, 0.1) is 19.3 Å². The van der Waals surface area contributed by atoms with E-state index in [1.807, 2.05) is 12.1 Å². The van der Waals surface area contributed by atoms with E-state index in [4.69, 9.17) is 8.92 Å². The second kappa shape index (κ2) is 5.67. The van der Waals surface area contributed by atoms with Gasteiger partial charge in [0.25, 0.3) is 0 Å². The van der Waals surface area contributed by atoms with Crippen molar-refractivity contribution < 1.29 is 13.7 Å². The smallest absolute Gasteiger partial charge is 0.339 e. The second-order valence-corrected chi connectivity index (χ2v) is 3.41. The third kappa shape index (κ3) is 2.75. The van der Waals surface area contributed by atoms with Crippen molar-refractivity contribution in [3.8, 4) is 0 Å². The number of carbonyl (C=O) groups excluding carboxylic acids is 1. The molecule has 0 saturated heterocycles. The van der Waals surface area contributed by atoms with Crippen LogP contribution < -0.4 is 0 Å². The summed E-state index contributed by atoms with van der Waals surface area (Å²) >= 11 is 1.16. The Morgan fingerprint density at radius 1 is 1.43 bits per heavy atom. The van der Waals surface area contributed by atoms with Crippen LogP contribution in [0, 0.1) is 0 Å². The molecule has 0 aliphatic heterocycles. The fourth-order valence-corrected chi connectivity index (χ4v) is 1.56. The highest BCUT2D eigenvalue weighted by Crippen LogP contribution is 2.23. The SMILES string of the molecule is CCOC(=O)c1ccccc1SOC. The summed E-state index contributed by atoms with van der Waals surface area (Å²) in [7, 11) is 1.56. The quantitative estimate of drug-likeness (QED) is 0.567. The van der Waals surface area contributed by atoms with Crippen molar-refractivity contribution in [2.75, 3.05) is 13.7 Å². The summed E-state index contributed by atoms with van der Waals surface area (Å²) in [6.45, 7) is 2.16. The first-order chi connectivity index (χ1) is 6.79. The molecule has 0 N–H and O–H groups in total. The van der Waals surface area contributed by atoms with E-state index in [0.29, 0.717) is 12.2 Å². The predicted molar refractivity (Wildman–Crippen MR) is 55.3 cm³/mol. The number of hydrogen-bond acceptors (Lipinski definition) is 4. The van der Waals surface area contributed by atoms with E-state index in [9.17, 15) is 4.79 Å². The molecule has 0 saturated carbocycles. The fourth-order valence-electron chi connectivity index (χ4n) is 1.01. The van der Waals surface area contributed by atoms with Crippen LogP contribution in [-0.4, -0.2) is 19.7 Å². The number of carbonyl (C=O) groups is 1. The average Bonchev–Trinajstić information content (AvgIpc) is 2.19. The van der Waals surface area contributed by atoms with E-state index in [0.717, 1.165) is 16.9 Å². The van der Waals surface area contributed by atoms with Gasteiger partial charge in [-0.25, -0.2) is 4.79 Å².